The van der Waals surface area contributed by atoms with Gasteiger partial charge in [-0.15, -0.1) is 0 Å². The lowest BCUT2D eigenvalue weighted by Crippen LogP contribution is -2.10. The van der Waals surface area contributed by atoms with E-state index in [1.807, 2.05) is 0 Å². The van der Waals surface area contributed by atoms with Crippen molar-refractivity contribution in [2.24, 2.45) is 4.99 Å². The van der Waals surface area contributed by atoms with Crippen molar-refractivity contribution in [2.45, 2.75) is 6.61 Å². The molecule has 28 heavy (non-hydrogen) atoms. The number of hydrogen-bond donors (Lipinski definition) is 0. The Hall–Kier alpha value is -3.13. The number of ether oxygens (including phenoxy) is 4. The number of benzene rings is 2. The molecule has 3 rings (SSSR count). The van der Waals surface area contributed by atoms with Crippen LogP contribution in [0.5, 0.6) is 17.2 Å². The van der Waals surface area contributed by atoms with Crippen molar-refractivity contribution >= 4 is 29.5 Å². The molecule has 0 unspecified atom stereocenters. The van der Waals surface area contributed by atoms with E-state index >= 15 is 0 Å². The third-order valence-corrected chi connectivity index (χ3v) is 3.99. The average Bonchev–Trinajstić information content (AvgIpc) is 3.01. The highest BCUT2D eigenvalue weighted by molar-refractivity contribution is 6.32. The van der Waals surface area contributed by atoms with Gasteiger partial charge in [-0.3, -0.25) is 0 Å². The number of halogens is 3. The number of cyclic esters (lactones) is 1. The van der Waals surface area contributed by atoms with Crippen molar-refractivity contribution < 1.29 is 32.5 Å². The average molecular weight is 410 g/mol. The summed E-state index contributed by atoms with van der Waals surface area (Å²) in [6, 6.07) is 9.05. The van der Waals surface area contributed by atoms with Crippen molar-refractivity contribution in [1.82, 2.24) is 0 Å². The Morgan fingerprint density at radius 3 is 2.57 bits per heavy atom. The number of carbonyl (C=O) groups is 1. The summed E-state index contributed by atoms with van der Waals surface area (Å²) < 4.78 is 45.1. The number of alkyl halides is 2. The first-order chi connectivity index (χ1) is 13.4. The maximum absolute atomic E-state index is 12.6. The molecule has 2 aromatic carbocycles. The highest BCUT2D eigenvalue weighted by Gasteiger charge is 2.27. The van der Waals surface area contributed by atoms with Crippen LogP contribution >= 0.6 is 11.6 Å². The van der Waals surface area contributed by atoms with Crippen LogP contribution in [0.2, 0.25) is 5.02 Å². The fraction of sp³-hybridized carbons (Fsp3) is 0.158. The smallest absolute Gasteiger partial charge is 0.387 e. The number of carbonyl (C=O) groups excluding carboxylic acids is 1. The number of methoxy groups -OCH3 is 2. The van der Waals surface area contributed by atoms with Gasteiger partial charge in [-0.2, -0.15) is 8.78 Å². The van der Waals surface area contributed by atoms with Gasteiger partial charge in [0.05, 0.1) is 24.8 Å². The molecule has 1 heterocycles. The molecule has 146 valence electrons. The fourth-order valence-electron chi connectivity index (χ4n) is 2.55. The van der Waals surface area contributed by atoms with Gasteiger partial charge in [-0.25, -0.2) is 9.79 Å². The second kappa shape index (κ2) is 8.26. The second-order valence-electron chi connectivity index (χ2n) is 5.45. The van der Waals surface area contributed by atoms with Crippen LogP contribution in [-0.4, -0.2) is 32.7 Å². The third kappa shape index (κ3) is 4.07. The summed E-state index contributed by atoms with van der Waals surface area (Å²) in [5, 5.41) is 0.278. The third-order valence-electron chi connectivity index (χ3n) is 3.71. The van der Waals surface area contributed by atoms with Gasteiger partial charge in [0.15, 0.2) is 17.2 Å². The zero-order valence-corrected chi connectivity index (χ0v) is 15.5. The molecular weight excluding hydrogens is 396 g/mol. The van der Waals surface area contributed by atoms with Gasteiger partial charge in [0.1, 0.15) is 5.75 Å². The van der Waals surface area contributed by atoms with Crippen molar-refractivity contribution in [3.63, 3.8) is 0 Å². The molecule has 9 heteroatoms. The number of hydrogen-bond acceptors (Lipinski definition) is 6. The van der Waals surface area contributed by atoms with Gasteiger partial charge in [0.2, 0.25) is 5.90 Å². The summed E-state index contributed by atoms with van der Waals surface area (Å²) >= 11 is 6.16. The van der Waals surface area contributed by atoms with Gasteiger partial charge < -0.3 is 18.9 Å². The summed E-state index contributed by atoms with van der Waals surface area (Å²) in [7, 11) is 2.90. The van der Waals surface area contributed by atoms with Crippen molar-refractivity contribution in [1.29, 1.82) is 0 Å². The van der Waals surface area contributed by atoms with E-state index in [2.05, 4.69) is 9.73 Å². The summed E-state index contributed by atoms with van der Waals surface area (Å²) in [5.41, 5.74) is 0.603. The summed E-state index contributed by atoms with van der Waals surface area (Å²) in [6.45, 7) is -3.03. The minimum Gasteiger partial charge on any atom is -0.493 e. The molecular formula is C19H14ClF2NO5. The second-order valence-corrected chi connectivity index (χ2v) is 5.86. The van der Waals surface area contributed by atoms with Gasteiger partial charge in [0.25, 0.3) is 0 Å². The minimum absolute atomic E-state index is 0.0369. The normalized spacial score (nSPS) is 14.9. The molecule has 0 bridgehead atoms. The molecule has 0 fully saturated rings. The predicted molar refractivity (Wildman–Crippen MR) is 98.2 cm³/mol. The molecule has 1 aliphatic rings. The number of rotatable bonds is 6. The van der Waals surface area contributed by atoms with Gasteiger partial charge >= 0.3 is 12.6 Å². The Labute approximate surface area is 163 Å². The highest BCUT2D eigenvalue weighted by atomic mass is 35.5. The lowest BCUT2D eigenvalue weighted by molar-refractivity contribution is -0.129. The molecule has 0 saturated heterocycles. The Kier molecular flexibility index (Phi) is 5.79. The van der Waals surface area contributed by atoms with Crippen LogP contribution in [0.15, 0.2) is 47.1 Å². The summed E-state index contributed by atoms with van der Waals surface area (Å²) in [6.07, 6.45) is 1.43. The van der Waals surface area contributed by atoms with Gasteiger partial charge in [0, 0.05) is 0 Å². The zero-order valence-electron chi connectivity index (χ0n) is 14.7. The van der Waals surface area contributed by atoms with Crippen molar-refractivity contribution in [3.05, 3.63) is 58.2 Å². The molecule has 0 amide bonds. The van der Waals surface area contributed by atoms with Crippen LogP contribution in [0, 0.1) is 0 Å². The van der Waals surface area contributed by atoms with Crippen molar-refractivity contribution in [2.75, 3.05) is 14.2 Å². The van der Waals surface area contributed by atoms with Crippen molar-refractivity contribution in [3.8, 4) is 17.2 Å². The fourth-order valence-corrected chi connectivity index (χ4v) is 2.84. The monoisotopic (exact) mass is 409 g/mol. The Morgan fingerprint density at radius 2 is 1.89 bits per heavy atom. The molecule has 0 aromatic heterocycles. The lowest BCUT2D eigenvalue weighted by Gasteiger charge is -2.10. The lowest BCUT2D eigenvalue weighted by atomic mass is 10.1. The first-order valence-corrected chi connectivity index (χ1v) is 8.29. The number of esters is 1. The Morgan fingerprint density at radius 1 is 1.14 bits per heavy atom. The predicted octanol–water partition coefficient (Wildman–Crippen LogP) is 4.30. The van der Waals surface area contributed by atoms with Crippen LogP contribution in [0.4, 0.5) is 8.78 Å². The SMILES string of the molecule is COc1cc(/C=C2/N=C(c3ccccc3OC(F)F)OC2=O)cc(Cl)c1OC. The number of nitrogens with zero attached hydrogens (tertiary/aromatic N) is 1. The molecule has 1 aliphatic heterocycles. The number of para-hydroxylation sites is 1. The maximum Gasteiger partial charge on any atom is 0.387 e. The minimum atomic E-state index is -3.03. The molecule has 0 saturated carbocycles. The van der Waals surface area contributed by atoms with E-state index in [4.69, 9.17) is 25.8 Å². The van der Waals surface area contributed by atoms with E-state index in [9.17, 15) is 13.6 Å². The molecule has 0 atom stereocenters. The molecule has 0 spiro atoms. The van der Waals surface area contributed by atoms with Crippen LogP contribution in [0.3, 0.4) is 0 Å². The molecule has 0 N–H and O–H groups in total. The first-order valence-electron chi connectivity index (χ1n) is 7.91. The zero-order chi connectivity index (χ0) is 20.3. The van der Waals surface area contributed by atoms with E-state index in [0.717, 1.165) is 0 Å². The number of aliphatic imine (C=N–C) groups is 1. The van der Waals surface area contributed by atoms with Crippen LogP contribution < -0.4 is 14.2 Å². The molecule has 0 aliphatic carbocycles. The standard InChI is InChI=1S/C19H14ClF2NO5/c1-25-15-9-10(7-12(20)16(15)26-2)8-13-18(24)28-17(23-13)11-5-3-4-6-14(11)27-19(21)22/h3-9,19H,1-2H3/b13-8+. The Balaban J connectivity index is 1.98. The van der Waals surface area contributed by atoms with E-state index in [-0.39, 0.29) is 27.9 Å². The van der Waals surface area contributed by atoms with E-state index in [0.29, 0.717) is 17.1 Å². The largest absolute Gasteiger partial charge is 0.493 e. The van der Waals surface area contributed by atoms with Gasteiger partial charge in [-0.05, 0) is 35.9 Å². The molecule has 6 nitrogen and oxygen atoms in total. The van der Waals surface area contributed by atoms with Gasteiger partial charge in [-0.1, -0.05) is 23.7 Å². The molecule has 2 aromatic rings. The Bertz CT molecular complexity index is 975. The highest BCUT2D eigenvalue weighted by Crippen LogP contribution is 2.37. The molecule has 0 radical (unpaired) electrons. The van der Waals surface area contributed by atoms with Crippen LogP contribution in [-0.2, 0) is 9.53 Å². The summed E-state index contributed by atoms with van der Waals surface area (Å²) in [4.78, 5) is 16.3. The summed E-state index contributed by atoms with van der Waals surface area (Å²) in [5.74, 6) is -0.318. The van der Waals surface area contributed by atoms with E-state index in [1.165, 1.54) is 38.5 Å². The first kappa shape index (κ1) is 19.6. The van der Waals surface area contributed by atoms with Crippen LogP contribution in [0.1, 0.15) is 11.1 Å². The van der Waals surface area contributed by atoms with E-state index in [1.54, 1.807) is 18.2 Å². The van der Waals surface area contributed by atoms with Crippen LogP contribution in [0.25, 0.3) is 6.08 Å². The quantitative estimate of drug-likeness (QED) is 0.525. The van der Waals surface area contributed by atoms with E-state index < -0.39 is 12.6 Å². The maximum atomic E-state index is 12.6. The topological polar surface area (TPSA) is 66.3 Å².